The average Bonchev–Trinajstić information content (AvgIpc) is 3.91. The number of rotatable bonds is 5. The molecule has 4 atom stereocenters. The summed E-state index contributed by atoms with van der Waals surface area (Å²) < 4.78 is 23.4. The van der Waals surface area contributed by atoms with E-state index < -0.39 is 11.2 Å². The third-order valence-electron chi connectivity index (χ3n) is 10.6. The first-order valence-corrected chi connectivity index (χ1v) is 18.9. The molecule has 2 saturated heterocycles. The molecule has 2 fully saturated rings. The van der Waals surface area contributed by atoms with Crippen LogP contribution in [0.2, 0.25) is 0 Å². The van der Waals surface area contributed by atoms with E-state index in [9.17, 15) is 9.59 Å². The first-order valence-electron chi connectivity index (χ1n) is 18.9. The molecule has 12 heteroatoms. The van der Waals surface area contributed by atoms with Crippen LogP contribution in [-0.2, 0) is 20.8 Å². The van der Waals surface area contributed by atoms with Gasteiger partial charge in [0.05, 0.1) is 41.6 Å². The van der Waals surface area contributed by atoms with Gasteiger partial charge in [0.15, 0.2) is 0 Å². The predicted molar refractivity (Wildman–Crippen MR) is 206 cm³/mol. The van der Waals surface area contributed by atoms with Crippen molar-refractivity contribution in [2.24, 2.45) is 5.92 Å². The van der Waals surface area contributed by atoms with Crippen LogP contribution in [-0.4, -0.2) is 79.4 Å². The Hall–Kier alpha value is -5.10. The number of imidazole rings is 2. The monoisotopic (exact) mass is 734 g/mol. The van der Waals surface area contributed by atoms with Gasteiger partial charge in [-0.25, -0.2) is 19.6 Å². The lowest BCUT2D eigenvalue weighted by molar-refractivity contribution is 0.0150. The molecule has 0 radical (unpaired) electrons. The largest absolute Gasteiger partial charge is 0.488 e. The minimum absolute atomic E-state index is 0.0669. The number of nitrogens with zero attached hydrogens (tertiary/aromatic N) is 4. The maximum absolute atomic E-state index is 13.3. The zero-order chi connectivity index (χ0) is 38.1. The Balaban J connectivity index is 1.07. The van der Waals surface area contributed by atoms with E-state index in [2.05, 4.69) is 59.4 Å². The minimum Gasteiger partial charge on any atom is -0.488 e. The van der Waals surface area contributed by atoms with Crippen molar-refractivity contribution in [1.29, 1.82) is 0 Å². The fourth-order valence-corrected chi connectivity index (χ4v) is 8.22. The SMILES string of the molecule is COC[C@H]1C[C@@H](c2nc3c(ccc4cc5c(cc43)OCc3cc(-c4cnc([C@@H]6CCC(C)N6C(=O)OC(C)(C)C)[nH]4)ccc3-5)[nH]2)N(C(=O)OC(C)(C)C)C1. The molecule has 0 spiro atoms. The molecule has 12 nitrogen and oxygen atoms in total. The maximum Gasteiger partial charge on any atom is 0.411 e. The van der Waals surface area contributed by atoms with Gasteiger partial charge in [0.25, 0.3) is 0 Å². The third-order valence-corrected chi connectivity index (χ3v) is 10.6. The standard InChI is InChI=1S/C42H50N6O6/c1-23-9-14-33(48(23)40(50)54-42(5,6)7)37-43-19-32(45-37)26-10-12-28-27(16-26)22-52-35-18-29-25(17-30(28)35)11-13-31-36(29)46-38(44-31)34-15-24(21-51-8)20-47(34)39(49)53-41(2,3)4/h10-13,16-19,23-24,33-34H,9,14-15,20-22H2,1-8H3,(H,43,45)(H,44,46)/t23?,24-,33-,34-/m0/s1. The number of nitrogens with one attached hydrogen (secondary N) is 2. The van der Waals surface area contributed by atoms with Gasteiger partial charge >= 0.3 is 12.2 Å². The van der Waals surface area contributed by atoms with Gasteiger partial charge in [0.1, 0.15) is 35.2 Å². The van der Waals surface area contributed by atoms with E-state index in [-0.39, 0.29) is 36.2 Å². The molecule has 5 aromatic rings. The molecule has 3 aliphatic rings. The summed E-state index contributed by atoms with van der Waals surface area (Å²) in [5, 5.41) is 2.03. The number of benzene rings is 3. The van der Waals surface area contributed by atoms with E-state index in [4.69, 9.17) is 28.9 Å². The summed E-state index contributed by atoms with van der Waals surface area (Å²) in [6, 6.07) is 14.5. The molecule has 3 aromatic carbocycles. The van der Waals surface area contributed by atoms with Crippen molar-refractivity contribution in [2.45, 2.75) is 104 Å². The van der Waals surface area contributed by atoms with Crippen molar-refractivity contribution in [3.8, 4) is 28.1 Å². The van der Waals surface area contributed by atoms with Crippen LogP contribution in [0.25, 0.3) is 44.2 Å². The van der Waals surface area contributed by atoms with E-state index in [1.54, 1.807) is 12.0 Å². The Morgan fingerprint density at radius 2 is 1.69 bits per heavy atom. The summed E-state index contributed by atoms with van der Waals surface area (Å²) in [6.07, 6.45) is 3.63. The van der Waals surface area contributed by atoms with Crippen molar-refractivity contribution < 1.29 is 28.5 Å². The maximum atomic E-state index is 13.3. The second kappa shape index (κ2) is 13.3. The smallest absolute Gasteiger partial charge is 0.411 e. The minimum atomic E-state index is -0.603. The summed E-state index contributed by atoms with van der Waals surface area (Å²) in [4.78, 5) is 46.9. The van der Waals surface area contributed by atoms with Crippen LogP contribution in [0.4, 0.5) is 9.59 Å². The first kappa shape index (κ1) is 35.9. The molecule has 284 valence electrons. The Morgan fingerprint density at radius 3 is 2.44 bits per heavy atom. The highest BCUT2D eigenvalue weighted by atomic mass is 16.6. The molecule has 2 aromatic heterocycles. The van der Waals surface area contributed by atoms with Gasteiger partial charge in [-0.2, -0.15) is 0 Å². The van der Waals surface area contributed by atoms with Crippen molar-refractivity contribution in [3.05, 3.63) is 65.9 Å². The number of amides is 2. The fourth-order valence-electron chi connectivity index (χ4n) is 8.22. The number of aromatic nitrogens is 4. The number of fused-ring (bicyclic) bond motifs is 6. The second-order valence-corrected chi connectivity index (χ2v) is 17.0. The summed E-state index contributed by atoms with van der Waals surface area (Å²) in [5.74, 6) is 2.48. The highest BCUT2D eigenvalue weighted by Crippen LogP contribution is 2.44. The van der Waals surface area contributed by atoms with Crippen LogP contribution in [0.1, 0.15) is 97.0 Å². The van der Waals surface area contributed by atoms with Crippen molar-refractivity contribution >= 4 is 34.0 Å². The molecule has 8 rings (SSSR count). The molecule has 2 N–H and O–H groups in total. The lowest BCUT2D eigenvalue weighted by Crippen LogP contribution is -2.40. The molecule has 5 heterocycles. The molecule has 1 unspecified atom stereocenters. The first-order chi connectivity index (χ1) is 25.7. The average molecular weight is 735 g/mol. The highest BCUT2D eigenvalue weighted by molar-refractivity contribution is 6.07. The molecular formula is C42H50N6O6. The number of hydrogen-bond acceptors (Lipinski definition) is 8. The normalized spacial score (nSPS) is 21.3. The Bertz CT molecular complexity index is 2250. The number of hydrogen-bond donors (Lipinski definition) is 2. The molecule has 54 heavy (non-hydrogen) atoms. The van der Waals surface area contributed by atoms with Crippen LogP contribution in [0, 0.1) is 5.92 Å². The van der Waals surface area contributed by atoms with E-state index in [0.29, 0.717) is 19.8 Å². The van der Waals surface area contributed by atoms with Crippen LogP contribution >= 0.6 is 0 Å². The van der Waals surface area contributed by atoms with Crippen LogP contribution < -0.4 is 4.74 Å². The van der Waals surface area contributed by atoms with E-state index in [0.717, 1.165) is 86.4 Å². The van der Waals surface area contributed by atoms with E-state index >= 15 is 0 Å². The summed E-state index contributed by atoms with van der Waals surface area (Å²) in [7, 11) is 1.69. The molecule has 0 saturated carbocycles. The van der Waals surface area contributed by atoms with Gasteiger partial charge in [-0.1, -0.05) is 18.2 Å². The molecule has 0 bridgehead atoms. The number of carbonyl (C=O) groups excluding carboxylic acids is 2. The summed E-state index contributed by atoms with van der Waals surface area (Å²) in [5.41, 5.74) is 5.68. The van der Waals surface area contributed by atoms with E-state index in [1.165, 1.54) is 0 Å². The zero-order valence-electron chi connectivity index (χ0n) is 32.4. The van der Waals surface area contributed by atoms with Gasteiger partial charge in [0, 0.05) is 36.6 Å². The van der Waals surface area contributed by atoms with Gasteiger partial charge in [0.2, 0.25) is 0 Å². The topological polar surface area (TPSA) is 135 Å². The molecule has 0 aliphatic carbocycles. The summed E-state index contributed by atoms with van der Waals surface area (Å²) >= 11 is 0. The number of H-pyrrole nitrogens is 2. The number of likely N-dealkylation sites (tertiary alicyclic amines) is 2. The third kappa shape index (κ3) is 6.76. The highest BCUT2D eigenvalue weighted by Gasteiger charge is 2.41. The number of ether oxygens (including phenoxy) is 4. The van der Waals surface area contributed by atoms with Gasteiger partial charge in [-0.3, -0.25) is 9.80 Å². The number of carbonyl (C=O) groups is 2. The number of aromatic amines is 2. The molecule has 3 aliphatic heterocycles. The predicted octanol–water partition coefficient (Wildman–Crippen LogP) is 9.07. The zero-order valence-corrected chi connectivity index (χ0v) is 32.4. The van der Waals surface area contributed by atoms with Gasteiger partial charge in [-0.05, 0) is 114 Å². The quantitative estimate of drug-likeness (QED) is 0.183. The number of methoxy groups -OCH3 is 1. The fraction of sp³-hybridized carbons (Fsp3) is 0.476. The van der Waals surface area contributed by atoms with Crippen LogP contribution in [0.5, 0.6) is 5.75 Å². The van der Waals surface area contributed by atoms with Crippen molar-refractivity contribution in [3.63, 3.8) is 0 Å². The van der Waals surface area contributed by atoms with Crippen molar-refractivity contribution in [2.75, 3.05) is 20.3 Å². The van der Waals surface area contributed by atoms with Gasteiger partial charge in [-0.15, -0.1) is 0 Å². The Morgan fingerprint density at radius 1 is 0.907 bits per heavy atom. The van der Waals surface area contributed by atoms with Crippen LogP contribution in [0.15, 0.2) is 48.7 Å². The lowest BCUT2D eigenvalue weighted by atomic mass is 9.92. The van der Waals surface area contributed by atoms with Crippen molar-refractivity contribution in [1.82, 2.24) is 29.7 Å². The Labute approximate surface area is 315 Å². The molecular weight excluding hydrogens is 684 g/mol. The lowest BCUT2D eigenvalue weighted by Gasteiger charge is -2.30. The molecule has 2 amide bonds. The van der Waals surface area contributed by atoms with Gasteiger partial charge < -0.3 is 28.9 Å². The van der Waals surface area contributed by atoms with E-state index in [1.807, 2.05) is 52.6 Å². The second-order valence-electron chi connectivity index (χ2n) is 17.0. The summed E-state index contributed by atoms with van der Waals surface area (Å²) in [6.45, 7) is 14.9. The Kier molecular flexibility index (Phi) is 8.86. The van der Waals surface area contributed by atoms with Crippen LogP contribution in [0.3, 0.4) is 0 Å².